The second-order valence-corrected chi connectivity index (χ2v) is 3.38. The topological polar surface area (TPSA) is 60.8 Å². The van der Waals surface area contributed by atoms with Crippen LogP contribution in [0.5, 0.6) is 0 Å². The van der Waals surface area contributed by atoms with Gasteiger partial charge in [-0.05, 0) is 6.42 Å². The molecule has 4 heteroatoms. The molecule has 2 heterocycles. The number of nitrogens with zero attached hydrogens (tertiary/aromatic N) is 1. The highest BCUT2D eigenvalue weighted by Gasteiger charge is 2.47. The molecular formula is C8H11NO3. The lowest BCUT2D eigenvalue weighted by molar-refractivity contribution is -0.125. The van der Waals surface area contributed by atoms with Gasteiger partial charge in [-0.2, -0.15) is 0 Å². The van der Waals surface area contributed by atoms with Crippen LogP contribution in [-0.2, 0) is 4.79 Å². The SMILES string of the molecule is C=C1C(=O)N2CC(O)CC2C1O. The van der Waals surface area contributed by atoms with Crippen LogP contribution in [-0.4, -0.2) is 45.8 Å². The molecule has 2 aliphatic rings. The minimum atomic E-state index is -0.783. The summed E-state index contributed by atoms with van der Waals surface area (Å²) in [4.78, 5) is 12.8. The third-order valence-corrected chi connectivity index (χ3v) is 2.58. The van der Waals surface area contributed by atoms with Crippen molar-refractivity contribution in [1.82, 2.24) is 4.90 Å². The van der Waals surface area contributed by atoms with Gasteiger partial charge in [0.15, 0.2) is 0 Å². The van der Waals surface area contributed by atoms with E-state index in [4.69, 9.17) is 0 Å². The summed E-state index contributed by atoms with van der Waals surface area (Å²) in [5.74, 6) is -0.218. The lowest BCUT2D eigenvalue weighted by atomic mass is 10.1. The second kappa shape index (κ2) is 2.31. The van der Waals surface area contributed by atoms with Crippen LogP contribution in [0.3, 0.4) is 0 Å². The normalized spacial score (nSPS) is 40.8. The van der Waals surface area contributed by atoms with E-state index in [0.717, 1.165) is 0 Å². The van der Waals surface area contributed by atoms with Gasteiger partial charge in [0.2, 0.25) is 0 Å². The number of amides is 1. The molecule has 0 aromatic rings. The number of rotatable bonds is 0. The van der Waals surface area contributed by atoms with Crippen LogP contribution in [0.25, 0.3) is 0 Å². The predicted octanol–water partition coefficient (Wildman–Crippen LogP) is -1.12. The summed E-state index contributed by atoms with van der Waals surface area (Å²) >= 11 is 0. The molecule has 0 aromatic heterocycles. The summed E-state index contributed by atoms with van der Waals surface area (Å²) in [6.45, 7) is 3.83. The van der Waals surface area contributed by atoms with Crippen molar-refractivity contribution >= 4 is 5.91 Å². The molecule has 2 N–H and O–H groups in total. The Hall–Kier alpha value is -0.870. The maximum absolute atomic E-state index is 11.3. The number of fused-ring (bicyclic) bond motifs is 1. The largest absolute Gasteiger partial charge is 0.391 e. The molecule has 4 nitrogen and oxygen atoms in total. The molecular weight excluding hydrogens is 158 g/mol. The lowest BCUT2D eigenvalue weighted by Crippen LogP contribution is -2.30. The van der Waals surface area contributed by atoms with Crippen molar-refractivity contribution in [3.8, 4) is 0 Å². The zero-order valence-corrected chi connectivity index (χ0v) is 6.60. The summed E-state index contributed by atoms with van der Waals surface area (Å²) in [6.07, 6.45) is -0.803. The van der Waals surface area contributed by atoms with Crippen LogP contribution in [0.1, 0.15) is 6.42 Å². The Labute approximate surface area is 70.1 Å². The standard InChI is InChI=1S/C8H11NO3/c1-4-7(11)6-2-5(10)3-9(6)8(4)12/h5-7,10-11H,1-3H2. The monoisotopic (exact) mass is 169 g/mol. The van der Waals surface area contributed by atoms with Gasteiger partial charge in [0.05, 0.1) is 12.1 Å². The first-order valence-corrected chi connectivity index (χ1v) is 3.97. The molecule has 2 fully saturated rings. The Morgan fingerprint density at radius 1 is 1.50 bits per heavy atom. The van der Waals surface area contributed by atoms with E-state index in [-0.39, 0.29) is 17.5 Å². The highest BCUT2D eigenvalue weighted by Crippen LogP contribution is 2.31. The number of aliphatic hydroxyl groups excluding tert-OH is 2. The fourth-order valence-electron chi connectivity index (χ4n) is 1.92. The smallest absolute Gasteiger partial charge is 0.252 e. The molecule has 66 valence electrons. The highest BCUT2D eigenvalue weighted by molar-refractivity contribution is 5.97. The second-order valence-electron chi connectivity index (χ2n) is 3.38. The minimum absolute atomic E-state index is 0.218. The summed E-state index contributed by atoms with van der Waals surface area (Å²) < 4.78 is 0. The molecule has 0 aromatic carbocycles. The fourth-order valence-corrected chi connectivity index (χ4v) is 1.92. The number of aliphatic hydroxyl groups is 2. The maximum Gasteiger partial charge on any atom is 0.252 e. The van der Waals surface area contributed by atoms with Gasteiger partial charge in [-0.25, -0.2) is 0 Å². The third kappa shape index (κ3) is 0.820. The van der Waals surface area contributed by atoms with E-state index in [0.29, 0.717) is 13.0 Å². The van der Waals surface area contributed by atoms with Gasteiger partial charge in [-0.1, -0.05) is 6.58 Å². The Bertz CT molecular complexity index is 251. The summed E-state index contributed by atoms with van der Waals surface area (Å²) in [7, 11) is 0. The molecule has 0 radical (unpaired) electrons. The van der Waals surface area contributed by atoms with Crippen molar-refractivity contribution in [2.45, 2.75) is 24.7 Å². The van der Waals surface area contributed by atoms with Gasteiger partial charge >= 0.3 is 0 Å². The lowest BCUT2D eigenvalue weighted by Gasteiger charge is -2.14. The van der Waals surface area contributed by atoms with Crippen LogP contribution >= 0.6 is 0 Å². The van der Waals surface area contributed by atoms with E-state index in [9.17, 15) is 15.0 Å². The van der Waals surface area contributed by atoms with Crippen molar-refractivity contribution in [1.29, 1.82) is 0 Å². The summed E-state index contributed by atoms with van der Waals surface area (Å²) in [6, 6.07) is -0.236. The molecule has 3 atom stereocenters. The average molecular weight is 169 g/mol. The zero-order valence-electron chi connectivity index (χ0n) is 6.60. The Kier molecular flexibility index (Phi) is 1.49. The van der Waals surface area contributed by atoms with Crippen LogP contribution < -0.4 is 0 Å². The first-order chi connectivity index (χ1) is 5.61. The molecule has 2 rings (SSSR count). The molecule has 1 amide bonds. The van der Waals surface area contributed by atoms with Crippen molar-refractivity contribution in [2.24, 2.45) is 0 Å². The molecule has 0 saturated carbocycles. The fraction of sp³-hybridized carbons (Fsp3) is 0.625. The number of hydrogen-bond donors (Lipinski definition) is 2. The van der Waals surface area contributed by atoms with Crippen LogP contribution in [0.4, 0.5) is 0 Å². The van der Waals surface area contributed by atoms with Crippen LogP contribution in [0.2, 0.25) is 0 Å². The number of hydrogen-bond acceptors (Lipinski definition) is 3. The molecule has 0 spiro atoms. The quantitative estimate of drug-likeness (QED) is 0.451. The van der Waals surface area contributed by atoms with E-state index in [2.05, 4.69) is 6.58 Å². The Balaban J connectivity index is 2.26. The van der Waals surface area contributed by atoms with Gasteiger partial charge in [0, 0.05) is 12.1 Å². The van der Waals surface area contributed by atoms with Gasteiger partial charge < -0.3 is 15.1 Å². The average Bonchev–Trinajstić information content (AvgIpc) is 2.49. The van der Waals surface area contributed by atoms with E-state index >= 15 is 0 Å². The van der Waals surface area contributed by atoms with Crippen molar-refractivity contribution < 1.29 is 15.0 Å². The zero-order chi connectivity index (χ0) is 8.88. The predicted molar refractivity (Wildman–Crippen MR) is 41.3 cm³/mol. The molecule has 0 bridgehead atoms. The van der Waals surface area contributed by atoms with E-state index in [1.54, 1.807) is 0 Å². The third-order valence-electron chi connectivity index (χ3n) is 2.58. The number of carbonyl (C=O) groups excluding carboxylic acids is 1. The van der Waals surface area contributed by atoms with E-state index in [1.165, 1.54) is 4.90 Å². The van der Waals surface area contributed by atoms with E-state index in [1.807, 2.05) is 0 Å². The number of carbonyl (C=O) groups is 1. The van der Waals surface area contributed by atoms with Gasteiger partial charge in [-0.15, -0.1) is 0 Å². The summed E-state index contributed by atoms with van der Waals surface area (Å²) in [5, 5.41) is 18.7. The summed E-state index contributed by atoms with van der Waals surface area (Å²) in [5.41, 5.74) is 0.256. The molecule has 0 aliphatic carbocycles. The van der Waals surface area contributed by atoms with Crippen molar-refractivity contribution in [2.75, 3.05) is 6.54 Å². The minimum Gasteiger partial charge on any atom is -0.391 e. The molecule has 2 saturated heterocycles. The van der Waals surface area contributed by atoms with Crippen LogP contribution in [0.15, 0.2) is 12.2 Å². The van der Waals surface area contributed by atoms with E-state index < -0.39 is 12.2 Å². The molecule has 3 unspecified atom stereocenters. The Morgan fingerprint density at radius 2 is 2.17 bits per heavy atom. The molecule has 12 heavy (non-hydrogen) atoms. The van der Waals surface area contributed by atoms with Gasteiger partial charge in [0.1, 0.15) is 6.10 Å². The maximum atomic E-state index is 11.3. The first kappa shape index (κ1) is 7.76. The van der Waals surface area contributed by atoms with Crippen LogP contribution in [0, 0.1) is 0 Å². The molecule has 2 aliphatic heterocycles. The van der Waals surface area contributed by atoms with Crippen molar-refractivity contribution in [3.63, 3.8) is 0 Å². The Morgan fingerprint density at radius 3 is 2.75 bits per heavy atom. The van der Waals surface area contributed by atoms with Crippen molar-refractivity contribution in [3.05, 3.63) is 12.2 Å². The van der Waals surface area contributed by atoms with Gasteiger partial charge in [0.25, 0.3) is 5.91 Å². The highest BCUT2D eigenvalue weighted by atomic mass is 16.3. The van der Waals surface area contributed by atoms with Gasteiger partial charge in [-0.3, -0.25) is 4.79 Å². The first-order valence-electron chi connectivity index (χ1n) is 3.97.